The van der Waals surface area contributed by atoms with Crippen LogP contribution in [0.2, 0.25) is 0 Å². The SMILES string of the molecule is CC(C)CC(NC(=O)c1ccc(N(C)C)cc1)C(=O)N1CCC2C1C(=O)CN2C(=O)C1OCCC1=O. The minimum Gasteiger partial charge on any atom is -0.378 e. The maximum absolute atomic E-state index is 13.6. The van der Waals surface area contributed by atoms with Gasteiger partial charge >= 0.3 is 0 Å². The van der Waals surface area contributed by atoms with Crippen molar-refractivity contribution in [3.8, 4) is 0 Å². The number of rotatable bonds is 7. The molecule has 3 fully saturated rings. The van der Waals surface area contributed by atoms with Crippen LogP contribution < -0.4 is 10.2 Å². The van der Waals surface area contributed by atoms with Gasteiger partial charge in [-0.05, 0) is 43.0 Å². The molecule has 194 valence electrons. The number of nitrogens with zero attached hydrogens (tertiary/aromatic N) is 3. The van der Waals surface area contributed by atoms with Crippen molar-refractivity contribution in [2.75, 3.05) is 38.7 Å². The highest BCUT2D eigenvalue weighted by atomic mass is 16.5. The predicted molar refractivity (Wildman–Crippen MR) is 131 cm³/mol. The van der Waals surface area contributed by atoms with Crippen LogP contribution in [0.1, 0.15) is 43.5 Å². The van der Waals surface area contributed by atoms with E-state index in [4.69, 9.17) is 4.74 Å². The third-order valence-corrected chi connectivity index (χ3v) is 7.09. The van der Waals surface area contributed by atoms with E-state index in [0.717, 1.165) is 5.69 Å². The van der Waals surface area contributed by atoms with Crippen LogP contribution in [0.15, 0.2) is 24.3 Å². The molecule has 0 aromatic heterocycles. The number of hydrogen-bond donors (Lipinski definition) is 1. The lowest BCUT2D eigenvalue weighted by molar-refractivity contribution is -0.146. The van der Waals surface area contributed by atoms with Crippen molar-refractivity contribution in [2.45, 2.75) is 57.3 Å². The molecule has 3 amide bonds. The van der Waals surface area contributed by atoms with Gasteiger partial charge in [0.1, 0.15) is 12.1 Å². The van der Waals surface area contributed by atoms with Crippen LogP contribution in [0.5, 0.6) is 0 Å². The first kappa shape index (κ1) is 25.8. The molecular formula is C26H34N4O6. The van der Waals surface area contributed by atoms with Crippen molar-refractivity contribution in [1.82, 2.24) is 15.1 Å². The van der Waals surface area contributed by atoms with E-state index in [1.807, 2.05) is 45.0 Å². The number of carbonyl (C=O) groups excluding carboxylic acids is 5. The van der Waals surface area contributed by atoms with Gasteiger partial charge in [0, 0.05) is 38.3 Å². The van der Waals surface area contributed by atoms with Crippen LogP contribution in [-0.2, 0) is 23.9 Å². The smallest absolute Gasteiger partial charge is 0.260 e. The van der Waals surface area contributed by atoms with E-state index >= 15 is 0 Å². The van der Waals surface area contributed by atoms with Gasteiger partial charge < -0.3 is 24.8 Å². The largest absolute Gasteiger partial charge is 0.378 e. The van der Waals surface area contributed by atoms with Crippen molar-refractivity contribution in [3.05, 3.63) is 29.8 Å². The van der Waals surface area contributed by atoms with E-state index in [2.05, 4.69) is 5.32 Å². The summed E-state index contributed by atoms with van der Waals surface area (Å²) in [4.78, 5) is 69.4. The average Bonchev–Trinajstić information content (AvgIpc) is 3.54. The number of likely N-dealkylation sites (tertiary alicyclic amines) is 2. The molecule has 3 saturated heterocycles. The fraction of sp³-hybridized carbons (Fsp3) is 0.577. The number of benzene rings is 1. The van der Waals surface area contributed by atoms with E-state index in [1.165, 1.54) is 9.80 Å². The maximum Gasteiger partial charge on any atom is 0.260 e. The Morgan fingerprint density at radius 3 is 2.36 bits per heavy atom. The number of anilines is 1. The van der Waals surface area contributed by atoms with Crippen LogP contribution in [0.25, 0.3) is 0 Å². The zero-order valence-corrected chi connectivity index (χ0v) is 21.2. The third kappa shape index (κ3) is 5.00. The Morgan fingerprint density at radius 1 is 1.08 bits per heavy atom. The Kier molecular flexibility index (Phi) is 7.44. The highest BCUT2D eigenvalue weighted by molar-refractivity contribution is 6.08. The average molecular weight is 499 g/mol. The summed E-state index contributed by atoms with van der Waals surface area (Å²) in [5.41, 5.74) is 1.39. The summed E-state index contributed by atoms with van der Waals surface area (Å²) in [5.74, 6) is -1.58. The van der Waals surface area contributed by atoms with Crippen LogP contribution in [0.3, 0.4) is 0 Å². The van der Waals surface area contributed by atoms with Gasteiger partial charge in [0.25, 0.3) is 11.8 Å². The maximum atomic E-state index is 13.6. The predicted octanol–water partition coefficient (Wildman–Crippen LogP) is 0.636. The summed E-state index contributed by atoms with van der Waals surface area (Å²) >= 11 is 0. The normalized spacial score (nSPS) is 24.3. The lowest BCUT2D eigenvalue weighted by atomic mass is 10.0. The number of carbonyl (C=O) groups is 5. The van der Waals surface area contributed by atoms with E-state index in [9.17, 15) is 24.0 Å². The Hall–Kier alpha value is -3.27. The minimum absolute atomic E-state index is 0.122. The first-order chi connectivity index (χ1) is 17.1. The molecule has 0 aliphatic carbocycles. The molecule has 0 saturated carbocycles. The van der Waals surface area contributed by atoms with Crippen molar-refractivity contribution in [2.24, 2.45) is 5.92 Å². The molecule has 4 rings (SSSR count). The minimum atomic E-state index is -1.16. The van der Waals surface area contributed by atoms with Crippen molar-refractivity contribution >= 4 is 35.0 Å². The summed E-state index contributed by atoms with van der Waals surface area (Å²) in [6, 6.07) is 5.03. The van der Waals surface area contributed by atoms with Crippen LogP contribution in [0.4, 0.5) is 5.69 Å². The molecular weight excluding hydrogens is 464 g/mol. The standard InChI is InChI=1S/C26H34N4O6/c1-15(2)13-18(27-24(33)16-5-7-17(8-6-16)28(3)4)25(34)29-11-9-19-22(29)21(32)14-30(19)26(35)23-20(31)10-12-36-23/h5-8,15,18-19,22-23H,9-14H2,1-4H3,(H,27,33). The van der Waals surface area contributed by atoms with E-state index in [0.29, 0.717) is 24.9 Å². The molecule has 10 heteroatoms. The second-order valence-corrected chi connectivity index (χ2v) is 10.3. The van der Waals surface area contributed by atoms with Gasteiger partial charge in [0.2, 0.25) is 5.91 Å². The Balaban J connectivity index is 1.48. The molecule has 3 heterocycles. The van der Waals surface area contributed by atoms with Gasteiger partial charge in [-0.15, -0.1) is 0 Å². The van der Waals surface area contributed by atoms with Crippen molar-refractivity contribution in [1.29, 1.82) is 0 Å². The summed E-state index contributed by atoms with van der Waals surface area (Å²) in [6.45, 7) is 4.27. The lowest BCUT2D eigenvalue weighted by Gasteiger charge is -2.29. The van der Waals surface area contributed by atoms with Crippen LogP contribution in [-0.4, -0.2) is 97.1 Å². The fourth-order valence-corrected chi connectivity index (χ4v) is 5.26. The summed E-state index contributed by atoms with van der Waals surface area (Å²) in [7, 11) is 3.82. The van der Waals surface area contributed by atoms with Gasteiger partial charge in [0.15, 0.2) is 17.7 Å². The first-order valence-electron chi connectivity index (χ1n) is 12.4. The molecule has 4 unspecified atom stereocenters. The summed E-state index contributed by atoms with van der Waals surface area (Å²) in [6.07, 6.45) is -0.127. The molecule has 10 nitrogen and oxygen atoms in total. The van der Waals surface area contributed by atoms with E-state index < -0.39 is 30.1 Å². The number of ketones is 2. The molecule has 1 aromatic carbocycles. The summed E-state index contributed by atoms with van der Waals surface area (Å²) in [5, 5.41) is 2.87. The topological polar surface area (TPSA) is 116 Å². The molecule has 3 aliphatic heterocycles. The second kappa shape index (κ2) is 10.4. The number of amides is 3. The van der Waals surface area contributed by atoms with E-state index in [1.54, 1.807) is 12.1 Å². The fourth-order valence-electron chi connectivity index (χ4n) is 5.26. The van der Waals surface area contributed by atoms with Gasteiger partial charge in [-0.3, -0.25) is 24.0 Å². The van der Waals surface area contributed by atoms with Gasteiger partial charge in [-0.25, -0.2) is 0 Å². The van der Waals surface area contributed by atoms with Crippen molar-refractivity contribution < 1.29 is 28.7 Å². The zero-order chi connectivity index (χ0) is 26.1. The number of hydrogen-bond acceptors (Lipinski definition) is 7. The molecule has 1 aromatic rings. The molecule has 0 bridgehead atoms. The second-order valence-electron chi connectivity index (χ2n) is 10.3. The molecule has 36 heavy (non-hydrogen) atoms. The number of Topliss-reactive ketones (excluding diaryl/α,β-unsaturated/α-hetero) is 2. The zero-order valence-electron chi connectivity index (χ0n) is 21.2. The third-order valence-electron chi connectivity index (χ3n) is 7.09. The number of nitrogens with one attached hydrogen (secondary N) is 1. The highest BCUT2D eigenvalue weighted by Gasteiger charge is 2.54. The highest BCUT2D eigenvalue weighted by Crippen LogP contribution is 2.32. The monoisotopic (exact) mass is 498 g/mol. The van der Waals surface area contributed by atoms with Crippen LogP contribution >= 0.6 is 0 Å². The van der Waals surface area contributed by atoms with E-state index in [-0.39, 0.29) is 48.9 Å². The molecule has 3 aliphatic rings. The van der Waals surface area contributed by atoms with Crippen LogP contribution in [0, 0.1) is 5.92 Å². The van der Waals surface area contributed by atoms with Gasteiger partial charge in [-0.2, -0.15) is 0 Å². The lowest BCUT2D eigenvalue weighted by Crippen LogP contribution is -2.53. The molecule has 0 radical (unpaired) electrons. The Morgan fingerprint density at radius 2 is 1.78 bits per heavy atom. The molecule has 0 spiro atoms. The first-order valence-corrected chi connectivity index (χ1v) is 12.4. The van der Waals surface area contributed by atoms with Crippen molar-refractivity contribution in [3.63, 3.8) is 0 Å². The van der Waals surface area contributed by atoms with Gasteiger partial charge in [0.05, 0.1) is 19.2 Å². The quantitative estimate of drug-likeness (QED) is 0.549. The van der Waals surface area contributed by atoms with Gasteiger partial charge in [-0.1, -0.05) is 13.8 Å². The summed E-state index contributed by atoms with van der Waals surface area (Å²) < 4.78 is 5.30. The Bertz CT molecular complexity index is 1050. The number of ether oxygens (including phenoxy) is 1. The molecule has 1 N–H and O–H groups in total. The Labute approximate surface area is 210 Å². The number of fused-ring (bicyclic) bond motifs is 1. The molecule has 4 atom stereocenters.